The first kappa shape index (κ1) is 24.2. The number of aryl methyl sites for hydroxylation is 1. The van der Waals surface area contributed by atoms with E-state index in [1.807, 2.05) is 30.3 Å². The van der Waals surface area contributed by atoms with Crippen LogP contribution in [0.5, 0.6) is 5.75 Å². The van der Waals surface area contributed by atoms with E-state index in [0.29, 0.717) is 23.4 Å². The monoisotopic (exact) mass is 517 g/mol. The number of benzene rings is 2. The summed E-state index contributed by atoms with van der Waals surface area (Å²) in [6.45, 7) is 0.490. The molecular formula is C26H23N5O5S. The van der Waals surface area contributed by atoms with E-state index < -0.39 is 16.0 Å². The largest absolute Gasteiger partial charge is 0.495 e. The van der Waals surface area contributed by atoms with Crippen molar-refractivity contribution in [3.63, 3.8) is 0 Å². The van der Waals surface area contributed by atoms with Crippen molar-refractivity contribution in [2.45, 2.75) is 24.3 Å². The average Bonchev–Trinajstić information content (AvgIpc) is 3.29. The summed E-state index contributed by atoms with van der Waals surface area (Å²) < 4.78 is 33.0. The van der Waals surface area contributed by atoms with Gasteiger partial charge in [0.25, 0.3) is 10.0 Å². The van der Waals surface area contributed by atoms with Gasteiger partial charge in [-0.05, 0) is 42.0 Å². The first-order chi connectivity index (χ1) is 17.8. The quantitative estimate of drug-likeness (QED) is 0.299. The number of hydrogen-bond donors (Lipinski definition) is 2. The number of carbonyl (C=O) groups is 1. The summed E-state index contributed by atoms with van der Waals surface area (Å²) in [5, 5.41) is 18.1. The van der Waals surface area contributed by atoms with Crippen molar-refractivity contribution in [1.29, 1.82) is 0 Å². The minimum absolute atomic E-state index is 0.0398. The molecule has 11 heteroatoms. The molecular weight excluding hydrogens is 494 g/mol. The number of aromatic nitrogens is 4. The molecule has 0 saturated heterocycles. The molecule has 37 heavy (non-hydrogen) atoms. The number of ether oxygens (including phenoxy) is 1. The van der Waals surface area contributed by atoms with E-state index in [1.165, 1.54) is 25.4 Å². The van der Waals surface area contributed by atoms with Gasteiger partial charge in [-0.1, -0.05) is 24.3 Å². The molecule has 0 spiro atoms. The number of carboxylic acids is 1. The zero-order valence-corrected chi connectivity index (χ0v) is 20.6. The normalized spacial score (nSPS) is 11.6. The third-order valence-electron chi connectivity index (χ3n) is 5.91. The summed E-state index contributed by atoms with van der Waals surface area (Å²) in [6, 6.07) is 17.9. The minimum atomic E-state index is -4.08. The van der Waals surface area contributed by atoms with Gasteiger partial charge in [-0.15, -0.1) is 4.09 Å². The van der Waals surface area contributed by atoms with Crippen molar-refractivity contribution in [3.8, 4) is 5.75 Å². The van der Waals surface area contributed by atoms with Crippen LogP contribution in [-0.4, -0.2) is 45.8 Å². The third-order valence-corrected chi connectivity index (χ3v) is 7.49. The Morgan fingerprint density at radius 2 is 1.89 bits per heavy atom. The Hall–Kier alpha value is -4.51. The van der Waals surface area contributed by atoms with Gasteiger partial charge in [-0.2, -0.15) is 13.5 Å². The van der Waals surface area contributed by atoms with E-state index >= 15 is 0 Å². The molecule has 0 fully saturated rings. The van der Waals surface area contributed by atoms with Gasteiger partial charge in [0.05, 0.1) is 35.8 Å². The molecule has 3 aromatic heterocycles. The van der Waals surface area contributed by atoms with Crippen LogP contribution in [0.25, 0.3) is 21.9 Å². The van der Waals surface area contributed by atoms with Crippen LogP contribution in [-0.2, 0) is 27.8 Å². The van der Waals surface area contributed by atoms with Crippen LogP contribution in [0.3, 0.4) is 0 Å². The maximum absolute atomic E-state index is 13.5. The fourth-order valence-corrected chi connectivity index (χ4v) is 5.22. The fourth-order valence-electron chi connectivity index (χ4n) is 3.96. The summed E-state index contributed by atoms with van der Waals surface area (Å²) in [6.07, 6.45) is 3.00. The van der Waals surface area contributed by atoms with Crippen molar-refractivity contribution < 1.29 is 23.1 Å². The molecule has 0 aliphatic rings. The first-order valence-corrected chi connectivity index (χ1v) is 12.9. The van der Waals surface area contributed by atoms with Gasteiger partial charge >= 0.3 is 5.97 Å². The lowest BCUT2D eigenvalue weighted by molar-refractivity contribution is -0.136. The highest BCUT2D eigenvalue weighted by Gasteiger charge is 2.24. The lowest BCUT2D eigenvalue weighted by Crippen LogP contribution is -2.15. The predicted octanol–water partition coefficient (Wildman–Crippen LogP) is 3.85. The van der Waals surface area contributed by atoms with E-state index in [-0.39, 0.29) is 23.4 Å². The van der Waals surface area contributed by atoms with Crippen molar-refractivity contribution >= 4 is 43.6 Å². The van der Waals surface area contributed by atoms with Gasteiger partial charge in [0.1, 0.15) is 5.75 Å². The van der Waals surface area contributed by atoms with E-state index in [9.17, 15) is 13.2 Å². The molecule has 0 aliphatic heterocycles. The Kier molecular flexibility index (Phi) is 6.45. The van der Waals surface area contributed by atoms with Gasteiger partial charge in [0.2, 0.25) is 0 Å². The van der Waals surface area contributed by atoms with E-state index in [4.69, 9.17) is 9.84 Å². The van der Waals surface area contributed by atoms with E-state index in [0.717, 1.165) is 26.2 Å². The molecule has 0 aliphatic carbocycles. The Bertz CT molecular complexity index is 1720. The number of hydrogen-bond acceptors (Lipinski definition) is 8. The topological polar surface area (TPSA) is 136 Å². The fraction of sp³-hybridized carbons (Fsp3) is 0.154. The molecule has 0 radical (unpaired) electrons. The molecule has 0 amide bonds. The molecule has 188 valence electrons. The van der Waals surface area contributed by atoms with E-state index in [2.05, 4.69) is 20.4 Å². The zero-order valence-electron chi connectivity index (χ0n) is 19.8. The summed E-state index contributed by atoms with van der Waals surface area (Å²) in [4.78, 5) is 19.7. The highest BCUT2D eigenvalue weighted by molar-refractivity contribution is 7.90. The van der Waals surface area contributed by atoms with Crippen molar-refractivity contribution in [2.75, 3.05) is 12.4 Å². The second kappa shape index (κ2) is 9.86. The van der Waals surface area contributed by atoms with Crippen molar-refractivity contribution in [1.82, 2.24) is 19.2 Å². The summed E-state index contributed by atoms with van der Waals surface area (Å²) >= 11 is 0. The van der Waals surface area contributed by atoms with Gasteiger partial charge in [0, 0.05) is 35.6 Å². The molecule has 0 bridgehead atoms. The molecule has 0 unspecified atom stereocenters. The lowest BCUT2D eigenvalue weighted by Gasteiger charge is -2.09. The molecule has 0 saturated carbocycles. The van der Waals surface area contributed by atoms with Crippen LogP contribution < -0.4 is 10.1 Å². The first-order valence-electron chi connectivity index (χ1n) is 11.4. The molecule has 5 aromatic rings. The maximum atomic E-state index is 13.5. The Morgan fingerprint density at radius 1 is 1.08 bits per heavy atom. The number of aliphatic carboxylic acids is 1. The number of rotatable bonds is 9. The highest BCUT2D eigenvalue weighted by atomic mass is 32.2. The Morgan fingerprint density at radius 3 is 2.65 bits per heavy atom. The molecule has 2 aromatic carbocycles. The second-order valence-electron chi connectivity index (χ2n) is 8.34. The second-order valence-corrected chi connectivity index (χ2v) is 10.1. The number of carboxylic acid groups (broad SMARTS) is 1. The highest BCUT2D eigenvalue weighted by Crippen LogP contribution is 2.26. The van der Waals surface area contributed by atoms with Crippen molar-refractivity contribution in [2.24, 2.45) is 0 Å². The number of fused-ring (bicyclic) bond motifs is 2. The van der Waals surface area contributed by atoms with Crippen LogP contribution >= 0.6 is 0 Å². The van der Waals surface area contributed by atoms with Crippen LogP contribution in [0.4, 0.5) is 5.69 Å². The van der Waals surface area contributed by atoms with Crippen LogP contribution in [0.1, 0.15) is 17.7 Å². The predicted molar refractivity (Wildman–Crippen MR) is 138 cm³/mol. The van der Waals surface area contributed by atoms with Gasteiger partial charge < -0.3 is 15.2 Å². The molecule has 3 heterocycles. The smallest absolute Gasteiger partial charge is 0.303 e. The molecule has 5 rings (SSSR count). The number of nitrogens with one attached hydrogen (secondary N) is 1. The standard InChI is InChI=1S/C26H23N5O5S/c1-36-20-14-22-23(10-11-25(32)33)30-31(26(22)29-16-20)37(34,35)21-8-4-17(5-9-21)15-28-19-7-6-18-3-2-12-27-24(18)13-19/h2-9,12-14,16,28H,10-11,15H2,1H3,(H,32,33). The SMILES string of the molecule is COc1cnc2c(c1)c(CCC(=O)O)nn2S(=O)(=O)c1ccc(CNc2ccc3cccnc3c2)cc1. The minimum Gasteiger partial charge on any atom is -0.495 e. The molecule has 10 nitrogen and oxygen atoms in total. The van der Waals surface area contributed by atoms with Crippen LogP contribution in [0, 0.1) is 0 Å². The number of methoxy groups -OCH3 is 1. The number of nitrogens with zero attached hydrogens (tertiary/aromatic N) is 4. The van der Waals surface area contributed by atoms with Crippen LogP contribution in [0.2, 0.25) is 0 Å². The Labute approximate surface area is 212 Å². The van der Waals surface area contributed by atoms with Crippen LogP contribution in [0.15, 0.2) is 78.0 Å². The average molecular weight is 518 g/mol. The molecule has 2 N–H and O–H groups in total. The lowest BCUT2D eigenvalue weighted by atomic mass is 10.2. The molecule has 0 atom stereocenters. The third kappa shape index (κ3) is 4.94. The summed E-state index contributed by atoms with van der Waals surface area (Å²) in [5.41, 5.74) is 3.10. The number of pyridine rings is 2. The summed E-state index contributed by atoms with van der Waals surface area (Å²) in [5.74, 6) is -0.592. The summed E-state index contributed by atoms with van der Waals surface area (Å²) in [7, 11) is -2.62. The van der Waals surface area contributed by atoms with Gasteiger partial charge in [0.15, 0.2) is 5.65 Å². The Balaban J connectivity index is 1.39. The number of anilines is 1. The van der Waals surface area contributed by atoms with E-state index in [1.54, 1.807) is 24.4 Å². The maximum Gasteiger partial charge on any atom is 0.303 e. The zero-order chi connectivity index (χ0) is 26.0. The van der Waals surface area contributed by atoms with Gasteiger partial charge in [-0.25, -0.2) is 4.98 Å². The van der Waals surface area contributed by atoms with Gasteiger partial charge in [-0.3, -0.25) is 9.78 Å². The van der Waals surface area contributed by atoms with Crippen molar-refractivity contribution in [3.05, 3.63) is 84.3 Å².